The van der Waals surface area contributed by atoms with Crippen LogP contribution in [-0.4, -0.2) is 36.0 Å². The molecule has 0 fully saturated rings. The zero-order chi connectivity index (χ0) is 14.7. The number of carbonyl (C=O) groups excluding carboxylic acids is 1. The average Bonchev–Trinajstić information content (AvgIpc) is 2.08. The van der Waals surface area contributed by atoms with Crippen LogP contribution in [0.1, 0.15) is 13.8 Å². The minimum Gasteiger partial charge on any atom is -0.391 e. The van der Waals surface area contributed by atoms with E-state index in [1.54, 1.807) is 0 Å². The number of amides is 1. The second-order valence-electron chi connectivity index (χ2n) is 4.07. The van der Waals surface area contributed by atoms with Crippen LogP contribution < -0.4 is 5.32 Å². The number of hydrogen-bond donors (Lipinski definition) is 2. The predicted octanol–water partition coefficient (Wildman–Crippen LogP) is 1.86. The molecule has 0 heterocycles. The quantitative estimate of drug-likeness (QED) is 0.773. The Hall–Kier alpha value is -0.990. The van der Waals surface area contributed by atoms with Crippen LogP contribution in [0.4, 0.5) is 26.3 Å². The topological polar surface area (TPSA) is 49.3 Å². The standard InChI is InChI=1S/C9H13F6NO2/c1-4(2)5(17)3-16-7(18)6(8(10,11)12)9(13,14)15/h4-6,17H,3H2,1-2H3,(H,16,18). The number of halogens is 6. The molecule has 1 atom stereocenters. The van der Waals surface area contributed by atoms with Crippen molar-refractivity contribution in [1.82, 2.24) is 5.32 Å². The molecular weight excluding hydrogens is 268 g/mol. The number of rotatable bonds is 4. The molecule has 108 valence electrons. The number of aliphatic hydroxyl groups excluding tert-OH is 1. The lowest BCUT2D eigenvalue weighted by molar-refractivity contribution is -0.274. The van der Waals surface area contributed by atoms with E-state index in [2.05, 4.69) is 0 Å². The second kappa shape index (κ2) is 5.77. The van der Waals surface area contributed by atoms with Gasteiger partial charge in [0, 0.05) is 6.54 Å². The fraction of sp³-hybridized carbons (Fsp3) is 0.889. The summed E-state index contributed by atoms with van der Waals surface area (Å²) in [6, 6.07) is 0. The first-order chi connectivity index (χ1) is 7.87. The Kier molecular flexibility index (Phi) is 5.45. The Morgan fingerprint density at radius 1 is 1.11 bits per heavy atom. The van der Waals surface area contributed by atoms with E-state index in [0.717, 1.165) is 0 Å². The summed E-state index contributed by atoms with van der Waals surface area (Å²) in [6.07, 6.45) is -12.6. The zero-order valence-electron chi connectivity index (χ0n) is 9.56. The molecule has 0 aromatic heterocycles. The molecule has 0 aromatic rings. The van der Waals surface area contributed by atoms with Gasteiger partial charge in [-0.1, -0.05) is 13.8 Å². The maximum Gasteiger partial charge on any atom is 0.409 e. The van der Waals surface area contributed by atoms with Gasteiger partial charge in [0.2, 0.25) is 11.8 Å². The van der Waals surface area contributed by atoms with E-state index >= 15 is 0 Å². The third kappa shape index (κ3) is 5.11. The summed E-state index contributed by atoms with van der Waals surface area (Å²) in [5.41, 5.74) is 0. The fourth-order valence-electron chi connectivity index (χ4n) is 1.03. The summed E-state index contributed by atoms with van der Waals surface area (Å²) in [7, 11) is 0. The molecule has 0 saturated heterocycles. The van der Waals surface area contributed by atoms with Gasteiger partial charge >= 0.3 is 12.4 Å². The zero-order valence-corrected chi connectivity index (χ0v) is 9.56. The van der Waals surface area contributed by atoms with Crippen molar-refractivity contribution < 1.29 is 36.2 Å². The summed E-state index contributed by atoms with van der Waals surface area (Å²) in [6.45, 7) is 2.34. The molecule has 0 rings (SSSR count). The average molecular weight is 281 g/mol. The Morgan fingerprint density at radius 3 is 1.78 bits per heavy atom. The van der Waals surface area contributed by atoms with Crippen LogP contribution in [0.15, 0.2) is 0 Å². The smallest absolute Gasteiger partial charge is 0.391 e. The van der Waals surface area contributed by atoms with Gasteiger partial charge in [0.05, 0.1) is 6.10 Å². The highest BCUT2D eigenvalue weighted by Gasteiger charge is 2.61. The molecule has 0 aliphatic heterocycles. The maximum absolute atomic E-state index is 12.1. The van der Waals surface area contributed by atoms with Crippen molar-refractivity contribution in [3.05, 3.63) is 0 Å². The van der Waals surface area contributed by atoms with E-state index in [-0.39, 0.29) is 0 Å². The van der Waals surface area contributed by atoms with Gasteiger partial charge in [-0.25, -0.2) is 0 Å². The highest BCUT2D eigenvalue weighted by Crippen LogP contribution is 2.39. The van der Waals surface area contributed by atoms with Gasteiger partial charge in [-0.15, -0.1) is 0 Å². The molecule has 0 spiro atoms. The largest absolute Gasteiger partial charge is 0.409 e. The summed E-state index contributed by atoms with van der Waals surface area (Å²) < 4.78 is 72.6. The van der Waals surface area contributed by atoms with Crippen molar-refractivity contribution in [1.29, 1.82) is 0 Å². The van der Waals surface area contributed by atoms with Crippen molar-refractivity contribution in [2.24, 2.45) is 11.8 Å². The molecule has 0 saturated carbocycles. The van der Waals surface area contributed by atoms with E-state index in [1.807, 2.05) is 0 Å². The minimum atomic E-state index is -5.72. The molecule has 18 heavy (non-hydrogen) atoms. The highest BCUT2D eigenvalue weighted by molar-refractivity contribution is 5.80. The molecule has 0 aromatic carbocycles. The van der Waals surface area contributed by atoms with Crippen LogP contribution in [0.25, 0.3) is 0 Å². The van der Waals surface area contributed by atoms with Crippen LogP contribution >= 0.6 is 0 Å². The summed E-state index contributed by atoms with van der Waals surface area (Å²) in [5.74, 6) is -6.69. The van der Waals surface area contributed by atoms with Crippen LogP contribution in [0.5, 0.6) is 0 Å². The van der Waals surface area contributed by atoms with Crippen molar-refractivity contribution in [3.63, 3.8) is 0 Å². The summed E-state index contributed by atoms with van der Waals surface area (Å²) >= 11 is 0. The molecule has 1 unspecified atom stereocenters. The lowest BCUT2D eigenvalue weighted by atomic mass is 10.1. The number of alkyl halides is 6. The van der Waals surface area contributed by atoms with Gasteiger partial charge in [0.1, 0.15) is 0 Å². The molecule has 0 aliphatic carbocycles. The van der Waals surface area contributed by atoms with Gasteiger partial charge in [0.15, 0.2) is 0 Å². The molecule has 0 radical (unpaired) electrons. The van der Waals surface area contributed by atoms with Crippen LogP contribution in [0, 0.1) is 11.8 Å². The van der Waals surface area contributed by atoms with Crippen molar-refractivity contribution in [2.75, 3.05) is 6.54 Å². The normalized spacial score (nSPS) is 15.1. The Labute approximate surface area is 99.2 Å². The number of hydrogen-bond acceptors (Lipinski definition) is 2. The van der Waals surface area contributed by atoms with E-state index in [0.29, 0.717) is 0 Å². The lowest BCUT2D eigenvalue weighted by Gasteiger charge is -2.23. The first-order valence-corrected chi connectivity index (χ1v) is 4.96. The Bertz CT molecular complexity index is 272. The maximum atomic E-state index is 12.1. The molecule has 3 nitrogen and oxygen atoms in total. The van der Waals surface area contributed by atoms with Gasteiger partial charge in [-0.2, -0.15) is 26.3 Å². The third-order valence-corrected chi connectivity index (χ3v) is 2.17. The number of carbonyl (C=O) groups is 1. The highest BCUT2D eigenvalue weighted by atomic mass is 19.4. The molecule has 1 amide bonds. The van der Waals surface area contributed by atoms with Crippen molar-refractivity contribution in [3.8, 4) is 0 Å². The first kappa shape index (κ1) is 17.0. The lowest BCUT2D eigenvalue weighted by Crippen LogP contribution is -2.49. The van der Waals surface area contributed by atoms with Crippen LogP contribution in [-0.2, 0) is 4.79 Å². The van der Waals surface area contributed by atoms with Gasteiger partial charge in [0.25, 0.3) is 0 Å². The van der Waals surface area contributed by atoms with E-state index in [4.69, 9.17) is 0 Å². The summed E-state index contributed by atoms with van der Waals surface area (Å²) in [5, 5.41) is 10.6. The molecule has 0 aliphatic rings. The van der Waals surface area contributed by atoms with Gasteiger partial charge in [-0.05, 0) is 5.92 Å². The molecule has 2 N–H and O–H groups in total. The molecule has 9 heteroatoms. The predicted molar refractivity (Wildman–Crippen MR) is 49.5 cm³/mol. The van der Waals surface area contributed by atoms with Crippen molar-refractivity contribution in [2.45, 2.75) is 32.3 Å². The minimum absolute atomic E-state index is 0.402. The third-order valence-electron chi connectivity index (χ3n) is 2.17. The second-order valence-corrected chi connectivity index (χ2v) is 4.07. The van der Waals surface area contributed by atoms with Crippen LogP contribution in [0.2, 0.25) is 0 Å². The SMILES string of the molecule is CC(C)C(O)CNC(=O)C(C(F)(F)F)C(F)(F)F. The van der Waals surface area contributed by atoms with Gasteiger partial charge < -0.3 is 10.4 Å². The fourth-order valence-corrected chi connectivity index (χ4v) is 1.03. The summed E-state index contributed by atoms with van der Waals surface area (Å²) in [4.78, 5) is 10.9. The number of aliphatic hydroxyl groups is 1. The Morgan fingerprint density at radius 2 is 1.50 bits per heavy atom. The van der Waals surface area contributed by atoms with E-state index in [9.17, 15) is 36.2 Å². The van der Waals surface area contributed by atoms with Gasteiger partial charge in [-0.3, -0.25) is 4.79 Å². The number of nitrogens with one attached hydrogen (secondary N) is 1. The first-order valence-electron chi connectivity index (χ1n) is 4.96. The molecule has 0 bridgehead atoms. The molecular formula is C9H13F6NO2. The van der Waals surface area contributed by atoms with E-state index < -0.39 is 42.7 Å². The van der Waals surface area contributed by atoms with Crippen molar-refractivity contribution >= 4 is 5.91 Å². The van der Waals surface area contributed by atoms with E-state index in [1.165, 1.54) is 19.2 Å². The Balaban J connectivity index is 4.71. The van der Waals surface area contributed by atoms with Crippen LogP contribution in [0.3, 0.4) is 0 Å². The monoisotopic (exact) mass is 281 g/mol.